The van der Waals surface area contributed by atoms with Crippen LogP contribution in [0.1, 0.15) is 11.4 Å². The molecule has 3 aromatic rings. The van der Waals surface area contributed by atoms with E-state index in [1.165, 1.54) is 6.33 Å². The molecular formula is C13H12N4O. The van der Waals surface area contributed by atoms with E-state index in [0.29, 0.717) is 17.7 Å². The summed E-state index contributed by atoms with van der Waals surface area (Å²) in [5.41, 5.74) is 1.99. The molecule has 0 amide bonds. The zero-order valence-electron chi connectivity index (χ0n) is 9.92. The van der Waals surface area contributed by atoms with Crippen molar-refractivity contribution in [2.75, 3.05) is 0 Å². The van der Waals surface area contributed by atoms with Crippen LogP contribution in [0.3, 0.4) is 0 Å². The average Bonchev–Trinajstić information content (AvgIpc) is 2.69. The van der Waals surface area contributed by atoms with Gasteiger partial charge in [-0.05, 0) is 12.5 Å². The summed E-state index contributed by atoms with van der Waals surface area (Å²) in [6, 6.07) is 9.97. The Hall–Kier alpha value is -2.43. The molecule has 5 nitrogen and oxygen atoms in total. The zero-order valence-corrected chi connectivity index (χ0v) is 9.92. The maximum absolute atomic E-state index is 11.8. The number of benzene rings is 1. The average molecular weight is 240 g/mol. The highest BCUT2D eigenvalue weighted by Crippen LogP contribution is 2.12. The van der Waals surface area contributed by atoms with Crippen LogP contribution in [0.5, 0.6) is 0 Å². The number of rotatable bonds is 2. The molecule has 5 heteroatoms. The number of nitrogens with zero attached hydrogens (tertiary/aromatic N) is 3. The Morgan fingerprint density at radius 3 is 2.83 bits per heavy atom. The molecule has 0 aliphatic rings. The van der Waals surface area contributed by atoms with Crippen LogP contribution in [0, 0.1) is 6.92 Å². The van der Waals surface area contributed by atoms with Crippen molar-refractivity contribution in [1.82, 2.24) is 19.5 Å². The Bertz CT molecular complexity index is 743. The van der Waals surface area contributed by atoms with Crippen molar-refractivity contribution in [3.8, 4) is 0 Å². The number of imidazole rings is 1. The van der Waals surface area contributed by atoms with Crippen LogP contribution in [0.15, 0.2) is 41.5 Å². The number of aromatic amines is 1. The lowest BCUT2D eigenvalue weighted by Gasteiger charge is -2.05. The minimum absolute atomic E-state index is 0.156. The molecule has 1 aromatic carbocycles. The molecule has 0 saturated heterocycles. The number of hydrogen-bond acceptors (Lipinski definition) is 3. The summed E-state index contributed by atoms with van der Waals surface area (Å²) in [4.78, 5) is 22.8. The fraction of sp³-hybridized carbons (Fsp3) is 0.154. The number of nitrogens with one attached hydrogen (secondary N) is 1. The van der Waals surface area contributed by atoms with Gasteiger partial charge >= 0.3 is 0 Å². The minimum atomic E-state index is -0.156. The van der Waals surface area contributed by atoms with E-state index in [2.05, 4.69) is 15.0 Å². The van der Waals surface area contributed by atoms with Crippen molar-refractivity contribution in [1.29, 1.82) is 0 Å². The molecule has 90 valence electrons. The smallest absolute Gasteiger partial charge is 0.276 e. The summed E-state index contributed by atoms with van der Waals surface area (Å²) in [5, 5.41) is 0. The monoisotopic (exact) mass is 240 g/mol. The van der Waals surface area contributed by atoms with Crippen molar-refractivity contribution >= 4 is 11.2 Å². The normalized spacial score (nSPS) is 10.9. The van der Waals surface area contributed by atoms with E-state index in [9.17, 15) is 4.79 Å². The van der Waals surface area contributed by atoms with Crippen LogP contribution in [-0.2, 0) is 6.54 Å². The van der Waals surface area contributed by atoms with E-state index in [1.54, 1.807) is 0 Å². The van der Waals surface area contributed by atoms with Gasteiger partial charge in [0.25, 0.3) is 5.56 Å². The number of fused-ring (bicyclic) bond motifs is 1. The molecule has 18 heavy (non-hydrogen) atoms. The molecule has 2 heterocycles. The Kier molecular flexibility index (Phi) is 2.44. The van der Waals surface area contributed by atoms with E-state index in [0.717, 1.165) is 11.4 Å². The van der Waals surface area contributed by atoms with Crippen LogP contribution in [0.25, 0.3) is 11.2 Å². The van der Waals surface area contributed by atoms with Gasteiger partial charge in [-0.15, -0.1) is 0 Å². The Morgan fingerprint density at radius 1 is 1.28 bits per heavy atom. The summed E-state index contributed by atoms with van der Waals surface area (Å²) in [6.45, 7) is 2.50. The second-order valence-electron chi connectivity index (χ2n) is 4.13. The van der Waals surface area contributed by atoms with Crippen LogP contribution >= 0.6 is 0 Å². The van der Waals surface area contributed by atoms with E-state index in [4.69, 9.17) is 0 Å². The lowest BCUT2D eigenvalue weighted by molar-refractivity contribution is 0.782. The summed E-state index contributed by atoms with van der Waals surface area (Å²) >= 11 is 0. The Balaban J connectivity index is 2.17. The molecule has 0 radical (unpaired) electrons. The van der Waals surface area contributed by atoms with Gasteiger partial charge in [0.15, 0.2) is 11.2 Å². The van der Waals surface area contributed by atoms with Gasteiger partial charge in [-0.3, -0.25) is 4.79 Å². The topological polar surface area (TPSA) is 63.6 Å². The molecule has 0 aliphatic carbocycles. The number of aryl methyl sites for hydroxylation is 1. The summed E-state index contributed by atoms with van der Waals surface area (Å²) in [5.74, 6) is 0.790. The fourth-order valence-electron chi connectivity index (χ4n) is 2.04. The lowest BCUT2D eigenvalue weighted by atomic mass is 10.2. The SMILES string of the molecule is Cc1nc2nc[nH]c(=O)c2n1Cc1ccccc1. The first kappa shape index (κ1) is 10.7. The summed E-state index contributed by atoms with van der Waals surface area (Å²) in [6.07, 6.45) is 1.38. The lowest BCUT2D eigenvalue weighted by Crippen LogP contribution is -2.12. The minimum Gasteiger partial charge on any atom is -0.318 e. The van der Waals surface area contributed by atoms with Crippen molar-refractivity contribution < 1.29 is 0 Å². The van der Waals surface area contributed by atoms with Gasteiger partial charge in [0.1, 0.15) is 5.82 Å². The third kappa shape index (κ3) is 1.69. The molecule has 3 rings (SSSR count). The van der Waals surface area contributed by atoms with Crippen LogP contribution in [-0.4, -0.2) is 19.5 Å². The number of hydrogen-bond donors (Lipinski definition) is 1. The van der Waals surface area contributed by atoms with Gasteiger partial charge in [-0.25, -0.2) is 9.97 Å². The zero-order chi connectivity index (χ0) is 12.5. The van der Waals surface area contributed by atoms with Gasteiger partial charge in [-0.1, -0.05) is 30.3 Å². The number of H-pyrrole nitrogens is 1. The third-order valence-electron chi connectivity index (χ3n) is 2.92. The fourth-order valence-corrected chi connectivity index (χ4v) is 2.04. The van der Waals surface area contributed by atoms with Crippen molar-refractivity contribution in [3.63, 3.8) is 0 Å². The maximum atomic E-state index is 11.8. The second-order valence-corrected chi connectivity index (χ2v) is 4.13. The Labute approximate surface area is 103 Å². The first-order chi connectivity index (χ1) is 8.75. The van der Waals surface area contributed by atoms with Crippen LogP contribution < -0.4 is 5.56 Å². The van der Waals surface area contributed by atoms with Crippen LogP contribution in [0.4, 0.5) is 0 Å². The van der Waals surface area contributed by atoms with Gasteiger partial charge in [0, 0.05) is 6.54 Å². The summed E-state index contributed by atoms with van der Waals surface area (Å²) in [7, 11) is 0. The molecule has 0 fully saturated rings. The predicted octanol–water partition coefficient (Wildman–Crippen LogP) is 1.48. The molecule has 0 bridgehead atoms. The maximum Gasteiger partial charge on any atom is 0.276 e. The van der Waals surface area contributed by atoms with Crippen LogP contribution in [0.2, 0.25) is 0 Å². The van der Waals surface area contributed by atoms with Crippen molar-refractivity contribution in [2.24, 2.45) is 0 Å². The second kappa shape index (κ2) is 4.10. The molecule has 0 atom stereocenters. The third-order valence-corrected chi connectivity index (χ3v) is 2.92. The standard InChI is InChI=1S/C13H12N4O/c1-9-16-12-11(13(18)15-8-14-12)17(9)7-10-5-3-2-4-6-10/h2-6,8H,7H2,1H3,(H,14,15,18). The molecular weight excluding hydrogens is 228 g/mol. The largest absolute Gasteiger partial charge is 0.318 e. The summed E-state index contributed by atoms with van der Waals surface area (Å²) < 4.78 is 1.89. The van der Waals surface area contributed by atoms with E-state index >= 15 is 0 Å². The van der Waals surface area contributed by atoms with E-state index in [1.807, 2.05) is 41.8 Å². The highest BCUT2D eigenvalue weighted by atomic mass is 16.1. The first-order valence-electron chi connectivity index (χ1n) is 5.70. The first-order valence-corrected chi connectivity index (χ1v) is 5.70. The predicted molar refractivity (Wildman–Crippen MR) is 68.4 cm³/mol. The molecule has 0 aliphatic heterocycles. The van der Waals surface area contributed by atoms with E-state index < -0.39 is 0 Å². The van der Waals surface area contributed by atoms with Crippen molar-refractivity contribution in [3.05, 3.63) is 58.4 Å². The Morgan fingerprint density at radius 2 is 2.06 bits per heavy atom. The molecule has 0 spiro atoms. The van der Waals surface area contributed by atoms with Gasteiger partial charge in [0.05, 0.1) is 6.33 Å². The van der Waals surface area contributed by atoms with E-state index in [-0.39, 0.29) is 5.56 Å². The number of aromatic nitrogens is 4. The molecule has 2 aromatic heterocycles. The highest BCUT2D eigenvalue weighted by Gasteiger charge is 2.11. The highest BCUT2D eigenvalue weighted by molar-refractivity contribution is 5.70. The molecule has 0 saturated carbocycles. The van der Waals surface area contributed by atoms with Gasteiger partial charge in [-0.2, -0.15) is 0 Å². The quantitative estimate of drug-likeness (QED) is 0.737. The van der Waals surface area contributed by atoms with Crippen molar-refractivity contribution in [2.45, 2.75) is 13.5 Å². The molecule has 1 N–H and O–H groups in total. The van der Waals surface area contributed by atoms with Gasteiger partial charge in [0.2, 0.25) is 0 Å². The molecule has 0 unspecified atom stereocenters. The van der Waals surface area contributed by atoms with Gasteiger partial charge < -0.3 is 9.55 Å².